The Morgan fingerprint density at radius 3 is 2.40 bits per heavy atom. The number of amides is 1. The zero-order chi connectivity index (χ0) is 17.6. The molecule has 1 unspecified atom stereocenters. The molecule has 5 heteroatoms. The molecular weight excluding hydrogens is 382 g/mol. The highest BCUT2D eigenvalue weighted by molar-refractivity contribution is 9.10. The van der Waals surface area contributed by atoms with Crippen LogP contribution in [-0.4, -0.2) is 18.5 Å². The van der Waals surface area contributed by atoms with Crippen molar-refractivity contribution < 1.29 is 14.3 Å². The minimum absolute atomic E-state index is 0.0232. The number of hydrogen-bond acceptors (Lipinski definition) is 3. The molecule has 2 heterocycles. The SMILES string of the molecule is Cc1ccc(C2CC(=O)N(c3ccc(Br)cc3)C3=C2C(=O)OC3)cc1. The van der Waals surface area contributed by atoms with Gasteiger partial charge in [0, 0.05) is 22.5 Å². The van der Waals surface area contributed by atoms with Crippen LogP contribution in [0.25, 0.3) is 0 Å². The first kappa shape index (κ1) is 16.1. The molecule has 0 saturated heterocycles. The number of carbonyl (C=O) groups excluding carboxylic acids is 2. The molecule has 0 fully saturated rings. The number of cyclic esters (lactones) is 1. The number of rotatable bonds is 2. The van der Waals surface area contributed by atoms with E-state index in [9.17, 15) is 9.59 Å². The van der Waals surface area contributed by atoms with E-state index < -0.39 is 0 Å². The van der Waals surface area contributed by atoms with Gasteiger partial charge < -0.3 is 4.74 Å². The summed E-state index contributed by atoms with van der Waals surface area (Å²) in [6, 6.07) is 15.5. The molecule has 0 radical (unpaired) electrons. The molecule has 0 N–H and O–H groups in total. The van der Waals surface area contributed by atoms with Gasteiger partial charge in [-0.1, -0.05) is 45.8 Å². The van der Waals surface area contributed by atoms with Gasteiger partial charge in [-0.15, -0.1) is 0 Å². The highest BCUT2D eigenvalue weighted by Gasteiger charge is 2.42. The molecule has 4 rings (SSSR count). The summed E-state index contributed by atoms with van der Waals surface area (Å²) in [7, 11) is 0. The molecule has 0 aliphatic carbocycles. The highest BCUT2D eigenvalue weighted by atomic mass is 79.9. The molecule has 2 aliphatic heterocycles. The van der Waals surface area contributed by atoms with Crippen LogP contribution in [0, 0.1) is 6.92 Å². The standard InChI is InChI=1S/C20H16BrNO3/c1-12-2-4-13(5-3-12)16-10-18(23)22(15-8-6-14(21)7-9-15)17-11-25-20(24)19(16)17/h2-9,16H,10-11H2,1H3. The van der Waals surface area contributed by atoms with Crippen LogP contribution < -0.4 is 4.90 Å². The number of benzene rings is 2. The zero-order valence-electron chi connectivity index (χ0n) is 13.7. The van der Waals surface area contributed by atoms with Crippen molar-refractivity contribution >= 4 is 33.5 Å². The Balaban J connectivity index is 1.81. The second-order valence-electron chi connectivity index (χ2n) is 6.31. The van der Waals surface area contributed by atoms with E-state index in [0.29, 0.717) is 11.3 Å². The van der Waals surface area contributed by atoms with Gasteiger partial charge in [-0.05, 0) is 36.8 Å². The Morgan fingerprint density at radius 2 is 1.72 bits per heavy atom. The van der Waals surface area contributed by atoms with Gasteiger partial charge in [0.05, 0.1) is 11.3 Å². The van der Waals surface area contributed by atoms with Crippen molar-refractivity contribution in [2.45, 2.75) is 19.3 Å². The first-order valence-corrected chi connectivity index (χ1v) is 8.89. The Labute approximate surface area is 154 Å². The number of aryl methyl sites for hydroxylation is 1. The monoisotopic (exact) mass is 397 g/mol. The van der Waals surface area contributed by atoms with Crippen molar-refractivity contribution in [3.05, 3.63) is 75.4 Å². The molecule has 1 atom stereocenters. The highest BCUT2D eigenvalue weighted by Crippen LogP contribution is 2.41. The second kappa shape index (κ2) is 6.15. The third-order valence-electron chi connectivity index (χ3n) is 4.68. The largest absolute Gasteiger partial charge is 0.456 e. The van der Waals surface area contributed by atoms with Crippen LogP contribution in [0.4, 0.5) is 5.69 Å². The van der Waals surface area contributed by atoms with E-state index in [1.54, 1.807) is 4.90 Å². The number of hydrogen-bond donors (Lipinski definition) is 0. The maximum Gasteiger partial charge on any atom is 0.336 e. The summed E-state index contributed by atoms with van der Waals surface area (Å²) >= 11 is 3.40. The lowest BCUT2D eigenvalue weighted by molar-refractivity contribution is -0.136. The van der Waals surface area contributed by atoms with Crippen molar-refractivity contribution in [2.75, 3.05) is 11.5 Å². The van der Waals surface area contributed by atoms with Gasteiger partial charge in [-0.2, -0.15) is 0 Å². The molecule has 2 aliphatic rings. The van der Waals surface area contributed by atoms with Crippen molar-refractivity contribution in [1.29, 1.82) is 0 Å². The Bertz CT molecular complexity index is 884. The van der Waals surface area contributed by atoms with E-state index in [-0.39, 0.29) is 30.8 Å². The molecule has 0 bridgehead atoms. The van der Waals surface area contributed by atoms with Crippen LogP contribution >= 0.6 is 15.9 Å². The number of nitrogens with zero attached hydrogens (tertiary/aromatic N) is 1. The Morgan fingerprint density at radius 1 is 1.04 bits per heavy atom. The molecule has 0 saturated carbocycles. The first-order valence-electron chi connectivity index (χ1n) is 8.10. The van der Waals surface area contributed by atoms with E-state index >= 15 is 0 Å². The zero-order valence-corrected chi connectivity index (χ0v) is 15.2. The van der Waals surface area contributed by atoms with Gasteiger partial charge in [0.25, 0.3) is 0 Å². The fourth-order valence-corrected chi connectivity index (χ4v) is 3.69. The summed E-state index contributed by atoms with van der Waals surface area (Å²) < 4.78 is 6.22. The molecule has 1 amide bonds. The number of halogens is 1. The van der Waals surface area contributed by atoms with Gasteiger partial charge >= 0.3 is 5.97 Å². The molecule has 4 nitrogen and oxygen atoms in total. The average molecular weight is 398 g/mol. The summed E-state index contributed by atoms with van der Waals surface area (Å²) in [5, 5.41) is 0. The van der Waals surface area contributed by atoms with Crippen molar-refractivity contribution in [3.63, 3.8) is 0 Å². The molecule has 2 aromatic rings. The maximum absolute atomic E-state index is 12.9. The summed E-state index contributed by atoms with van der Waals surface area (Å²) in [4.78, 5) is 26.9. The third kappa shape index (κ3) is 2.78. The van der Waals surface area contributed by atoms with Crippen LogP contribution in [-0.2, 0) is 14.3 Å². The lowest BCUT2D eigenvalue weighted by Gasteiger charge is -2.32. The topological polar surface area (TPSA) is 46.6 Å². The average Bonchev–Trinajstić information content (AvgIpc) is 2.98. The number of anilines is 1. The molecule has 25 heavy (non-hydrogen) atoms. The smallest absolute Gasteiger partial charge is 0.336 e. The summed E-state index contributed by atoms with van der Waals surface area (Å²) in [6.07, 6.45) is 0.257. The van der Waals surface area contributed by atoms with Crippen LogP contribution in [0.5, 0.6) is 0 Å². The van der Waals surface area contributed by atoms with Gasteiger partial charge in [0.2, 0.25) is 5.91 Å². The Hall–Kier alpha value is -2.40. The molecule has 0 spiro atoms. The number of ether oxygens (including phenoxy) is 1. The summed E-state index contributed by atoms with van der Waals surface area (Å²) in [5.41, 5.74) is 4.13. The normalized spacial score (nSPS) is 19.9. The van der Waals surface area contributed by atoms with Crippen molar-refractivity contribution in [1.82, 2.24) is 0 Å². The lowest BCUT2D eigenvalue weighted by atomic mass is 9.84. The molecule has 0 aromatic heterocycles. The van der Waals surface area contributed by atoms with E-state index in [4.69, 9.17) is 4.74 Å². The summed E-state index contributed by atoms with van der Waals surface area (Å²) in [5.74, 6) is -0.593. The van der Waals surface area contributed by atoms with Crippen molar-refractivity contribution in [2.24, 2.45) is 0 Å². The van der Waals surface area contributed by atoms with Crippen LogP contribution in [0.1, 0.15) is 23.5 Å². The van der Waals surface area contributed by atoms with Gasteiger partial charge in [0.1, 0.15) is 6.61 Å². The second-order valence-corrected chi connectivity index (χ2v) is 7.23. The number of carbonyl (C=O) groups is 2. The predicted molar refractivity (Wildman–Crippen MR) is 98.2 cm³/mol. The first-order chi connectivity index (χ1) is 12.0. The quantitative estimate of drug-likeness (QED) is 0.716. The van der Waals surface area contributed by atoms with E-state index in [1.807, 2.05) is 55.5 Å². The van der Waals surface area contributed by atoms with Crippen LogP contribution in [0.15, 0.2) is 64.3 Å². The van der Waals surface area contributed by atoms with E-state index in [2.05, 4.69) is 15.9 Å². The van der Waals surface area contributed by atoms with Crippen LogP contribution in [0.3, 0.4) is 0 Å². The molecule has 126 valence electrons. The fraction of sp³-hybridized carbons (Fsp3) is 0.200. The predicted octanol–water partition coefficient (Wildman–Crippen LogP) is 4.09. The van der Waals surface area contributed by atoms with E-state index in [0.717, 1.165) is 21.3 Å². The lowest BCUT2D eigenvalue weighted by Crippen LogP contribution is -2.37. The summed E-state index contributed by atoms with van der Waals surface area (Å²) in [6.45, 7) is 2.15. The van der Waals surface area contributed by atoms with E-state index in [1.165, 1.54) is 0 Å². The molecular formula is C20H16BrNO3. The minimum Gasteiger partial charge on any atom is -0.456 e. The number of esters is 1. The maximum atomic E-state index is 12.9. The minimum atomic E-state index is -0.324. The van der Waals surface area contributed by atoms with Gasteiger partial charge in [-0.25, -0.2) is 4.79 Å². The molecule has 2 aromatic carbocycles. The van der Waals surface area contributed by atoms with Gasteiger partial charge in [0.15, 0.2) is 0 Å². The third-order valence-corrected chi connectivity index (χ3v) is 5.21. The van der Waals surface area contributed by atoms with Gasteiger partial charge in [-0.3, -0.25) is 9.69 Å². The Kier molecular flexibility index (Phi) is 3.96. The van der Waals surface area contributed by atoms with Crippen molar-refractivity contribution in [3.8, 4) is 0 Å². The van der Waals surface area contributed by atoms with Crippen LogP contribution in [0.2, 0.25) is 0 Å². The fourth-order valence-electron chi connectivity index (χ4n) is 3.43.